The van der Waals surface area contributed by atoms with E-state index in [1.54, 1.807) is 31.2 Å². The number of hydrogen-bond donors (Lipinski definition) is 3. The van der Waals surface area contributed by atoms with Gasteiger partial charge < -0.3 is 16.0 Å². The summed E-state index contributed by atoms with van der Waals surface area (Å²) in [7, 11) is 0. The molecule has 0 aromatic heterocycles. The number of thioether (sulfide) groups is 1. The highest BCUT2D eigenvalue weighted by molar-refractivity contribution is 8.03. The Morgan fingerprint density at radius 2 is 1.59 bits per heavy atom. The van der Waals surface area contributed by atoms with Crippen LogP contribution in [0.15, 0.2) is 101 Å². The molecule has 0 bridgehead atoms. The van der Waals surface area contributed by atoms with Crippen molar-refractivity contribution in [3.63, 3.8) is 0 Å². The summed E-state index contributed by atoms with van der Waals surface area (Å²) in [6.45, 7) is 3.76. The first-order valence-electron chi connectivity index (χ1n) is 11.6. The van der Waals surface area contributed by atoms with Gasteiger partial charge in [-0.15, -0.1) is 0 Å². The van der Waals surface area contributed by atoms with E-state index < -0.39 is 5.92 Å². The Balaban J connectivity index is 1.63. The second-order valence-electron chi connectivity index (χ2n) is 8.50. The molecule has 0 aliphatic carbocycles. The van der Waals surface area contributed by atoms with Gasteiger partial charge in [0.2, 0.25) is 5.91 Å². The topological polar surface area (TPSA) is 94.0 Å². The van der Waals surface area contributed by atoms with Crippen molar-refractivity contribution in [2.45, 2.75) is 19.8 Å². The van der Waals surface area contributed by atoms with E-state index in [0.29, 0.717) is 43.8 Å². The number of allylic oxidation sites excluding steroid dienone is 2. The largest absolute Gasteiger partial charge is 0.353 e. The molecule has 1 atom stereocenters. The molecule has 1 aliphatic heterocycles. The van der Waals surface area contributed by atoms with Crippen molar-refractivity contribution < 1.29 is 9.59 Å². The van der Waals surface area contributed by atoms with Crippen molar-refractivity contribution in [2.24, 2.45) is 0 Å². The number of nitrogens with zero attached hydrogens (tertiary/aromatic N) is 1. The van der Waals surface area contributed by atoms with Gasteiger partial charge in [-0.25, -0.2) is 0 Å². The van der Waals surface area contributed by atoms with Crippen LogP contribution in [0.3, 0.4) is 0 Å². The normalized spacial score (nSPS) is 15.0. The number of carbonyl (C=O) groups is 2. The summed E-state index contributed by atoms with van der Waals surface area (Å²) in [5.41, 5.74) is 4.38. The molecule has 186 valence electrons. The quantitative estimate of drug-likeness (QED) is 0.332. The predicted octanol–water partition coefficient (Wildman–Crippen LogP) is 6.36. The average Bonchev–Trinajstić information content (AvgIpc) is 2.89. The van der Waals surface area contributed by atoms with Crippen molar-refractivity contribution in [3.8, 4) is 6.07 Å². The SMILES string of the molecule is CC1=C(C(=O)Nc2ccccc2)[C@@H](c2ccccc2Cl)C(C#N)=C(SCC(=O)Nc2ccc(C)cc2)N1. The number of rotatable bonds is 7. The number of amides is 2. The van der Waals surface area contributed by atoms with Crippen molar-refractivity contribution in [1.29, 1.82) is 5.26 Å². The fourth-order valence-corrected chi connectivity index (χ4v) is 5.18. The fourth-order valence-electron chi connectivity index (χ4n) is 4.04. The lowest BCUT2D eigenvalue weighted by Crippen LogP contribution is -2.31. The molecule has 0 saturated heterocycles. The van der Waals surface area contributed by atoms with Crippen LogP contribution in [-0.4, -0.2) is 17.6 Å². The number of halogens is 1. The number of aryl methyl sites for hydroxylation is 1. The number of anilines is 2. The van der Waals surface area contributed by atoms with Gasteiger partial charge >= 0.3 is 0 Å². The zero-order valence-corrected chi connectivity index (χ0v) is 21.9. The van der Waals surface area contributed by atoms with Gasteiger partial charge in [-0.05, 0) is 49.7 Å². The molecule has 0 fully saturated rings. The van der Waals surface area contributed by atoms with Gasteiger partial charge in [0.05, 0.1) is 28.3 Å². The minimum absolute atomic E-state index is 0.0788. The minimum atomic E-state index is -0.702. The van der Waals surface area contributed by atoms with Crippen LogP contribution >= 0.6 is 23.4 Å². The van der Waals surface area contributed by atoms with Crippen LogP contribution in [-0.2, 0) is 9.59 Å². The second-order valence-corrected chi connectivity index (χ2v) is 9.89. The zero-order chi connectivity index (χ0) is 26.4. The molecule has 4 rings (SSSR count). The third-order valence-corrected chi connectivity index (χ3v) is 7.18. The number of nitrogens with one attached hydrogen (secondary N) is 3. The first-order chi connectivity index (χ1) is 17.9. The molecule has 0 saturated carbocycles. The summed E-state index contributed by atoms with van der Waals surface area (Å²) in [5.74, 6) is -1.17. The highest BCUT2D eigenvalue weighted by atomic mass is 35.5. The van der Waals surface area contributed by atoms with Gasteiger partial charge in [0.1, 0.15) is 0 Å². The van der Waals surface area contributed by atoms with Gasteiger partial charge in [-0.2, -0.15) is 5.26 Å². The van der Waals surface area contributed by atoms with E-state index >= 15 is 0 Å². The Labute approximate surface area is 225 Å². The molecule has 0 radical (unpaired) electrons. The Morgan fingerprint density at radius 1 is 0.946 bits per heavy atom. The van der Waals surface area contributed by atoms with E-state index in [1.165, 1.54) is 11.8 Å². The van der Waals surface area contributed by atoms with Crippen LogP contribution < -0.4 is 16.0 Å². The van der Waals surface area contributed by atoms with E-state index in [4.69, 9.17) is 11.6 Å². The van der Waals surface area contributed by atoms with Gasteiger partial charge in [0.25, 0.3) is 5.91 Å². The Morgan fingerprint density at radius 3 is 2.27 bits per heavy atom. The molecule has 1 heterocycles. The Bertz CT molecular complexity index is 1430. The van der Waals surface area contributed by atoms with Crippen LogP contribution in [0, 0.1) is 18.3 Å². The summed E-state index contributed by atoms with van der Waals surface area (Å²) in [4.78, 5) is 26.1. The summed E-state index contributed by atoms with van der Waals surface area (Å²) in [5, 5.41) is 20.2. The molecule has 0 spiro atoms. The predicted molar refractivity (Wildman–Crippen MR) is 150 cm³/mol. The number of nitriles is 1. The van der Waals surface area contributed by atoms with Crippen molar-refractivity contribution in [2.75, 3.05) is 16.4 Å². The zero-order valence-electron chi connectivity index (χ0n) is 20.3. The summed E-state index contributed by atoms with van der Waals surface area (Å²) in [6, 6.07) is 26.1. The van der Waals surface area contributed by atoms with Crippen molar-refractivity contribution >= 4 is 46.6 Å². The lowest BCUT2D eigenvalue weighted by molar-refractivity contribution is -0.114. The fraction of sp³-hybridized carbons (Fsp3) is 0.138. The number of dihydropyridines is 1. The van der Waals surface area contributed by atoms with Crippen molar-refractivity contribution in [3.05, 3.63) is 117 Å². The molecular weight excluding hydrogens is 504 g/mol. The number of benzene rings is 3. The maximum Gasteiger partial charge on any atom is 0.254 e. The van der Waals surface area contributed by atoms with E-state index in [-0.39, 0.29) is 17.6 Å². The lowest BCUT2D eigenvalue weighted by atomic mass is 9.82. The van der Waals surface area contributed by atoms with Gasteiger partial charge in [-0.3, -0.25) is 9.59 Å². The van der Waals surface area contributed by atoms with E-state index in [9.17, 15) is 14.9 Å². The number of hydrogen-bond acceptors (Lipinski definition) is 5. The van der Waals surface area contributed by atoms with Crippen LogP contribution in [0.4, 0.5) is 11.4 Å². The van der Waals surface area contributed by atoms with Crippen molar-refractivity contribution in [1.82, 2.24) is 5.32 Å². The average molecular weight is 529 g/mol. The van der Waals surface area contributed by atoms with E-state index in [1.807, 2.05) is 61.5 Å². The third-order valence-electron chi connectivity index (χ3n) is 5.82. The van der Waals surface area contributed by atoms with E-state index in [2.05, 4.69) is 22.0 Å². The molecule has 1 aliphatic rings. The van der Waals surface area contributed by atoms with Crippen LogP contribution in [0.5, 0.6) is 0 Å². The molecular formula is C29H25ClN4O2S. The second kappa shape index (κ2) is 11.8. The van der Waals surface area contributed by atoms with Gasteiger partial charge in [0.15, 0.2) is 0 Å². The first-order valence-corrected chi connectivity index (χ1v) is 13.0. The van der Waals surface area contributed by atoms with Gasteiger partial charge in [0, 0.05) is 27.7 Å². The minimum Gasteiger partial charge on any atom is -0.353 e. The monoisotopic (exact) mass is 528 g/mol. The molecule has 8 heteroatoms. The Kier molecular flexibility index (Phi) is 8.34. The number of carbonyl (C=O) groups excluding carboxylic acids is 2. The number of para-hydroxylation sites is 1. The van der Waals surface area contributed by atoms with Crippen LogP contribution in [0.25, 0.3) is 0 Å². The lowest BCUT2D eigenvalue weighted by Gasteiger charge is -2.30. The molecule has 3 aromatic rings. The first kappa shape index (κ1) is 26.1. The van der Waals surface area contributed by atoms with Gasteiger partial charge in [-0.1, -0.05) is 77.5 Å². The molecule has 6 nitrogen and oxygen atoms in total. The summed E-state index contributed by atoms with van der Waals surface area (Å²) >= 11 is 7.77. The third kappa shape index (κ3) is 6.23. The van der Waals surface area contributed by atoms with Crippen LogP contribution in [0.1, 0.15) is 24.0 Å². The molecule has 3 N–H and O–H groups in total. The molecule has 3 aromatic carbocycles. The highest BCUT2D eigenvalue weighted by Gasteiger charge is 2.35. The maximum absolute atomic E-state index is 13.5. The molecule has 0 unspecified atom stereocenters. The summed E-state index contributed by atoms with van der Waals surface area (Å²) in [6.07, 6.45) is 0. The molecule has 2 amide bonds. The summed E-state index contributed by atoms with van der Waals surface area (Å²) < 4.78 is 0. The Hall–Kier alpha value is -3.99. The standard InChI is InChI=1S/C29H25ClN4O2S/c1-18-12-14-21(15-13-18)33-25(35)17-37-29-23(16-31)27(22-10-6-7-11-24(22)30)26(19(2)32-29)28(36)34-20-8-4-3-5-9-20/h3-15,27,32H,17H2,1-2H3,(H,33,35)(H,34,36)/t27-/m0/s1. The van der Waals surface area contributed by atoms with Crippen LogP contribution in [0.2, 0.25) is 5.02 Å². The van der Waals surface area contributed by atoms with E-state index in [0.717, 1.165) is 5.56 Å². The molecule has 37 heavy (non-hydrogen) atoms. The maximum atomic E-state index is 13.5. The highest BCUT2D eigenvalue weighted by Crippen LogP contribution is 2.43. The smallest absolute Gasteiger partial charge is 0.254 e.